The van der Waals surface area contributed by atoms with E-state index in [-0.39, 0.29) is 0 Å². The molecule has 3 aromatic carbocycles. The smallest absolute Gasteiger partial charge is 0.0270 e. The second-order valence-electron chi connectivity index (χ2n) is 10.5. The molecule has 0 saturated heterocycles. The molecule has 1 nitrogen and oxygen atoms in total. The maximum Gasteiger partial charge on any atom is 0.0270 e. The topological polar surface area (TPSA) is 12.4 Å². The summed E-state index contributed by atoms with van der Waals surface area (Å²) in [6.07, 6.45) is 18.8. The molecule has 1 atom stereocenters. The van der Waals surface area contributed by atoms with E-state index in [1.54, 1.807) is 16.7 Å². The van der Waals surface area contributed by atoms with Crippen LogP contribution in [0.2, 0.25) is 0 Å². The summed E-state index contributed by atoms with van der Waals surface area (Å²) in [6, 6.07) is 20.7. The Labute approximate surface area is 201 Å². The Kier molecular flexibility index (Phi) is 4.89. The molecule has 7 rings (SSSR count). The lowest BCUT2D eigenvalue weighted by atomic mass is 9.72. The van der Waals surface area contributed by atoms with Gasteiger partial charge in [-0.05, 0) is 91.4 Å². The van der Waals surface area contributed by atoms with Crippen LogP contribution in [-0.2, 0) is 19.3 Å². The van der Waals surface area contributed by atoms with Gasteiger partial charge in [0.15, 0.2) is 0 Å². The molecule has 0 radical (unpaired) electrons. The molecule has 0 bridgehead atoms. The molecule has 1 unspecified atom stereocenters. The van der Waals surface area contributed by atoms with Gasteiger partial charge < -0.3 is 0 Å². The van der Waals surface area contributed by atoms with Crippen LogP contribution < -0.4 is 10.4 Å². The molecule has 4 aliphatic rings. The Morgan fingerprint density at radius 3 is 2.53 bits per heavy atom. The summed E-state index contributed by atoms with van der Waals surface area (Å²) in [5, 5.41) is 5.77. The van der Waals surface area contributed by atoms with Crippen LogP contribution in [0, 0.1) is 22.3 Å². The van der Waals surface area contributed by atoms with Crippen molar-refractivity contribution >= 4 is 23.9 Å². The van der Waals surface area contributed by atoms with Gasteiger partial charge in [-0.3, -0.25) is 4.99 Å². The van der Waals surface area contributed by atoms with Crippen molar-refractivity contribution in [1.29, 1.82) is 0 Å². The number of nitrogens with zero attached hydrogens (tertiary/aromatic N) is 1. The Balaban J connectivity index is 1.52. The van der Waals surface area contributed by atoms with Crippen LogP contribution in [0.15, 0.2) is 65.8 Å². The predicted molar refractivity (Wildman–Crippen MR) is 142 cm³/mol. The molecule has 0 amide bonds. The van der Waals surface area contributed by atoms with Crippen molar-refractivity contribution in [2.45, 2.75) is 51.4 Å². The van der Waals surface area contributed by atoms with Gasteiger partial charge in [-0.25, -0.2) is 0 Å². The molecule has 0 aromatic heterocycles. The van der Waals surface area contributed by atoms with Crippen molar-refractivity contribution in [3.63, 3.8) is 0 Å². The SMILES string of the molecule is C1=Cc2c(cccc2C2=c3ccc4c(c3CC(C3CCCC3)C2)CC=c2ccccc2=4)CC=N1. The first-order valence-corrected chi connectivity index (χ1v) is 13.1. The zero-order valence-electron chi connectivity index (χ0n) is 19.8. The van der Waals surface area contributed by atoms with Gasteiger partial charge in [0.1, 0.15) is 0 Å². The average molecular weight is 442 g/mol. The lowest BCUT2D eigenvalue weighted by Crippen LogP contribution is -2.30. The quantitative estimate of drug-likeness (QED) is 0.472. The molecule has 1 aliphatic heterocycles. The van der Waals surface area contributed by atoms with Gasteiger partial charge in [-0.1, -0.05) is 86.4 Å². The highest BCUT2D eigenvalue weighted by Crippen LogP contribution is 2.41. The summed E-state index contributed by atoms with van der Waals surface area (Å²) >= 11 is 0. The molecule has 1 fully saturated rings. The van der Waals surface area contributed by atoms with E-state index in [1.807, 2.05) is 12.4 Å². The summed E-state index contributed by atoms with van der Waals surface area (Å²) in [5.41, 5.74) is 8.99. The fourth-order valence-corrected chi connectivity index (χ4v) is 7.13. The minimum atomic E-state index is 0.760. The van der Waals surface area contributed by atoms with E-state index in [9.17, 15) is 0 Å². The van der Waals surface area contributed by atoms with E-state index in [4.69, 9.17) is 0 Å². The van der Waals surface area contributed by atoms with Gasteiger partial charge in [0, 0.05) is 18.8 Å². The Bertz CT molecular complexity index is 1560. The third kappa shape index (κ3) is 3.25. The zero-order chi connectivity index (χ0) is 22.5. The monoisotopic (exact) mass is 441 g/mol. The second kappa shape index (κ2) is 8.24. The highest BCUT2D eigenvalue weighted by atomic mass is 14.7. The number of benzene rings is 3. The molecule has 3 aliphatic carbocycles. The maximum absolute atomic E-state index is 4.45. The molecule has 34 heavy (non-hydrogen) atoms. The zero-order valence-corrected chi connectivity index (χ0v) is 19.8. The van der Waals surface area contributed by atoms with Gasteiger partial charge in [-0.15, -0.1) is 0 Å². The summed E-state index contributed by atoms with van der Waals surface area (Å²) in [4.78, 5) is 4.45. The average Bonchev–Trinajstić information content (AvgIpc) is 3.32. The highest BCUT2D eigenvalue weighted by Gasteiger charge is 2.31. The first-order chi connectivity index (χ1) is 16.9. The molecule has 168 valence electrons. The van der Waals surface area contributed by atoms with E-state index < -0.39 is 0 Å². The molecule has 1 heterocycles. The van der Waals surface area contributed by atoms with E-state index in [1.165, 1.54) is 76.1 Å². The van der Waals surface area contributed by atoms with Crippen LogP contribution in [0.5, 0.6) is 0 Å². The minimum absolute atomic E-state index is 0.760. The van der Waals surface area contributed by atoms with Crippen molar-refractivity contribution in [3.8, 4) is 0 Å². The molecule has 0 N–H and O–H groups in total. The summed E-state index contributed by atoms with van der Waals surface area (Å²) in [5.74, 6) is 1.63. The minimum Gasteiger partial charge on any atom is -0.269 e. The predicted octanol–water partition coefficient (Wildman–Crippen LogP) is 5.86. The first-order valence-electron chi connectivity index (χ1n) is 13.1. The van der Waals surface area contributed by atoms with Gasteiger partial charge in [0.25, 0.3) is 0 Å². The van der Waals surface area contributed by atoms with Crippen LogP contribution in [0.25, 0.3) is 17.7 Å². The summed E-state index contributed by atoms with van der Waals surface area (Å²) < 4.78 is 0. The fraction of sp³-hybridized carbons (Fsp3) is 0.303. The van der Waals surface area contributed by atoms with Crippen LogP contribution in [0.1, 0.15) is 59.9 Å². The van der Waals surface area contributed by atoms with Gasteiger partial charge in [-0.2, -0.15) is 0 Å². The molecule has 1 heteroatoms. The van der Waals surface area contributed by atoms with Crippen LogP contribution in [0.3, 0.4) is 0 Å². The van der Waals surface area contributed by atoms with E-state index in [0.29, 0.717) is 0 Å². The lowest BCUT2D eigenvalue weighted by Gasteiger charge is -2.32. The fourth-order valence-electron chi connectivity index (χ4n) is 7.13. The molecule has 3 aromatic rings. The van der Waals surface area contributed by atoms with Crippen LogP contribution >= 0.6 is 0 Å². The largest absolute Gasteiger partial charge is 0.269 e. The van der Waals surface area contributed by atoms with E-state index in [0.717, 1.165) is 24.7 Å². The van der Waals surface area contributed by atoms with E-state index >= 15 is 0 Å². The van der Waals surface area contributed by atoms with Crippen molar-refractivity contribution < 1.29 is 0 Å². The summed E-state index contributed by atoms with van der Waals surface area (Å²) in [7, 11) is 0. The van der Waals surface area contributed by atoms with Gasteiger partial charge in [0.05, 0.1) is 0 Å². The van der Waals surface area contributed by atoms with Gasteiger partial charge >= 0.3 is 0 Å². The maximum atomic E-state index is 4.45. The van der Waals surface area contributed by atoms with Crippen molar-refractivity contribution in [2.24, 2.45) is 16.8 Å². The Hall–Kier alpha value is -3.19. The third-order valence-corrected chi connectivity index (χ3v) is 8.80. The molecular formula is C33H31N. The number of aliphatic imine (C=N–C) groups is 1. The van der Waals surface area contributed by atoms with Crippen molar-refractivity contribution in [3.05, 3.63) is 109 Å². The molecule has 1 saturated carbocycles. The number of hydrogen-bond acceptors (Lipinski definition) is 1. The third-order valence-electron chi connectivity index (χ3n) is 8.80. The van der Waals surface area contributed by atoms with Crippen molar-refractivity contribution in [2.75, 3.05) is 0 Å². The number of hydrogen-bond donors (Lipinski definition) is 0. The molecule has 0 spiro atoms. The molecular weight excluding hydrogens is 410 g/mol. The van der Waals surface area contributed by atoms with Crippen LogP contribution in [0.4, 0.5) is 0 Å². The lowest BCUT2D eigenvalue weighted by molar-refractivity contribution is 0.337. The van der Waals surface area contributed by atoms with E-state index in [2.05, 4.69) is 71.7 Å². The highest BCUT2D eigenvalue weighted by molar-refractivity contribution is 5.80. The first kappa shape index (κ1) is 20.2. The van der Waals surface area contributed by atoms with Crippen molar-refractivity contribution in [1.82, 2.24) is 0 Å². The Morgan fingerprint density at radius 1 is 0.706 bits per heavy atom. The van der Waals surface area contributed by atoms with Gasteiger partial charge in [0.2, 0.25) is 0 Å². The normalized spacial score (nSPS) is 20.7. The number of fused-ring (bicyclic) bond motifs is 5. The second-order valence-corrected chi connectivity index (χ2v) is 10.5. The number of rotatable bonds is 2. The Morgan fingerprint density at radius 2 is 1.59 bits per heavy atom. The standard InChI is InChI=1S/C33H31N/c1-2-7-22(6-1)25-20-32(28-11-5-9-24-16-18-34-19-17-27(24)28)31-15-14-29-26-10-4-3-8-23(26)12-13-30(29)33(31)21-25/h3-5,8-12,14-15,17-19,22,25H,1-2,6-7,13,16,20-21H2. The summed E-state index contributed by atoms with van der Waals surface area (Å²) in [6.45, 7) is 0. The van der Waals surface area contributed by atoms with Crippen LogP contribution in [-0.4, -0.2) is 6.21 Å².